The van der Waals surface area contributed by atoms with Gasteiger partial charge in [-0.15, -0.1) is 11.3 Å². The van der Waals surface area contributed by atoms with Crippen LogP contribution in [0.25, 0.3) is 12.2 Å². The number of nitrogens with one attached hydrogen (secondary N) is 1. The molecule has 0 radical (unpaired) electrons. The maximum absolute atomic E-state index is 12.0. The molecule has 0 aliphatic carbocycles. The molecule has 1 N–H and O–H groups in total. The van der Waals surface area contributed by atoms with Crippen LogP contribution in [0.4, 0.5) is 0 Å². The van der Waals surface area contributed by atoms with Crippen LogP contribution in [0.3, 0.4) is 0 Å². The van der Waals surface area contributed by atoms with Crippen LogP contribution in [0.2, 0.25) is 0 Å². The SMILES string of the molecule is Cc1cccc(C=c2sc(=CC(=O)C(C)(C)C)[nH]c2=O)c1. The Morgan fingerprint density at radius 2 is 2.00 bits per heavy atom. The van der Waals surface area contributed by atoms with Gasteiger partial charge >= 0.3 is 0 Å². The number of hydrogen-bond donors (Lipinski definition) is 1. The number of thiazole rings is 1. The van der Waals surface area contributed by atoms with Crippen LogP contribution < -0.4 is 14.8 Å². The number of rotatable bonds is 2. The van der Waals surface area contributed by atoms with Gasteiger partial charge in [0.05, 0.1) is 9.20 Å². The van der Waals surface area contributed by atoms with Gasteiger partial charge in [0.1, 0.15) is 0 Å². The van der Waals surface area contributed by atoms with Crippen molar-refractivity contribution in [3.8, 4) is 0 Å². The van der Waals surface area contributed by atoms with Gasteiger partial charge in [0, 0.05) is 11.5 Å². The summed E-state index contributed by atoms with van der Waals surface area (Å²) in [4.78, 5) is 26.7. The number of aryl methyl sites for hydroxylation is 1. The number of carbonyl (C=O) groups excluding carboxylic acids is 1. The molecule has 0 unspecified atom stereocenters. The van der Waals surface area contributed by atoms with Crippen LogP contribution >= 0.6 is 11.3 Å². The fourth-order valence-electron chi connectivity index (χ4n) is 1.77. The largest absolute Gasteiger partial charge is 0.313 e. The minimum absolute atomic E-state index is 0.00195. The van der Waals surface area contributed by atoms with E-state index in [1.165, 1.54) is 17.4 Å². The summed E-state index contributed by atoms with van der Waals surface area (Å²) in [5.41, 5.74) is 1.53. The number of Topliss-reactive ketones (excluding diaryl/α,β-unsaturated/α-hetero) is 1. The Morgan fingerprint density at radius 1 is 1.29 bits per heavy atom. The highest BCUT2D eigenvalue weighted by atomic mass is 32.1. The summed E-state index contributed by atoms with van der Waals surface area (Å²) in [6, 6.07) is 7.94. The molecule has 1 aromatic heterocycles. The second-order valence-electron chi connectivity index (χ2n) is 6.10. The maximum Gasteiger partial charge on any atom is 0.266 e. The van der Waals surface area contributed by atoms with Crippen molar-refractivity contribution >= 4 is 29.3 Å². The van der Waals surface area contributed by atoms with Crippen LogP contribution in [0.15, 0.2) is 29.1 Å². The van der Waals surface area contributed by atoms with E-state index in [9.17, 15) is 9.59 Å². The molecule has 1 heterocycles. The standard InChI is InChI=1S/C17H19NO2S/c1-11-6-5-7-12(8-11)9-13-16(20)18-15(21-13)10-14(19)17(2,3)4/h5-10H,1-4H3,(H,18,20). The Balaban J connectivity index is 2.48. The van der Waals surface area contributed by atoms with Gasteiger partial charge in [0.15, 0.2) is 5.78 Å². The molecule has 110 valence electrons. The smallest absolute Gasteiger partial charge is 0.266 e. The zero-order chi connectivity index (χ0) is 15.6. The number of benzene rings is 1. The van der Waals surface area contributed by atoms with Crippen molar-refractivity contribution in [2.24, 2.45) is 5.41 Å². The average molecular weight is 301 g/mol. The Kier molecular flexibility index (Phi) is 4.28. The normalized spacial score (nSPS) is 13.7. The molecule has 4 heteroatoms. The molecule has 0 bridgehead atoms. The lowest BCUT2D eigenvalue weighted by Crippen LogP contribution is -2.22. The Morgan fingerprint density at radius 3 is 2.62 bits per heavy atom. The van der Waals surface area contributed by atoms with Crippen molar-refractivity contribution in [1.29, 1.82) is 0 Å². The van der Waals surface area contributed by atoms with E-state index < -0.39 is 5.41 Å². The number of aromatic amines is 1. The van der Waals surface area contributed by atoms with Crippen molar-refractivity contribution in [1.82, 2.24) is 4.98 Å². The minimum Gasteiger partial charge on any atom is -0.313 e. The van der Waals surface area contributed by atoms with E-state index in [0.717, 1.165) is 11.1 Å². The van der Waals surface area contributed by atoms with Crippen molar-refractivity contribution in [2.75, 3.05) is 0 Å². The quantitative estimate of drug-likeness (QED) is 0.922. The van der Waals surface area contributed by atoms with Gasteiger partial charge in [0.25, 0.3) is 5.56 Å². The van der Waals surface area contributed by atoms with Crippen LogP contribution in [-0.2, 0) is 4.79 Å². The van der Waals surface area contributed by atoms with Gasteiger partial charge in [-0.05, 0) is 18.6 Å². The van der Waals surface area contributed by atoms with E-state index in [1.54, 1.807) is 0 Å². The zero-order valence-corrected chi connectivity index (χ0v) is 13.5. The van der Waals surface area contributed by atoms with Crippen molar-refractivity contribution in [3.63, 3.8) is 0 Å². The topological polar surface area (TPSA) is 49.9 Å². The van der Waals surface area contributed by atoms with Gasteiger partial charge in [-0.3, -0.25) is 9.59 Å². The summed E-state index contributed by atoms with van der Waals surface area (Å²) in [6.45, 7) is 7.59. The van der Waals surface area contributed by atoms with E-state index >= 15 is 0 Å². The predicted molar refractivity (Wildman–Crippen MR) is 87.9 cm³/mol. The molecule has 0 saturated carbocycles. The highest BCUT2D eigenvalue weighted by Gasteiger charge is 2.18. The summed E-state index contributed by atoms with van der Waals surface area (Å²) in [7, 11) is 0. The lowest BCUT2D eigenvalue weighted by atomic mass is 9.91. The first-order valence-corrected chi connectivity index (χ1v) is 7.61. The molecule has 2 rings (SSSR count). The molecule has 0 fully saturated rings. The van der Waals surface area contributed by atoms with Crippen LogP contribution in [0.5, 0.6) is 0 Å². The Bertz CT molecular complexity index is 835. The second-order valence-corrected chi connectivity index (χ2v) is 7.19. The Hall–Kier alpha value is -1.94. The number of carbonyl (C=O) groups is 1. The molecule has 21 heavy (non-hydrogen) atoms. The van der Waals surface area contributed by atoms with Crippen LogP contribution in [-0.4, -0.2) is 10.8 Å². The first kappa shape index (κ1) is 15.4. The van der Waals surface area contributed by atoms with Gasteiger partial charge in [-0.2, -0.15) is 0 Å². The summed E-state index contributed by atoms with van der Waals surface area (Å²) >= 11 is 1.30. The third-order valence-electron chi connectivity index (χ3n) is 3.02. The molecule has 0 aliphatic rings. The molecule has 0 aliphatic heterocycles. The first-order valence-electron chi connectivity index (χ1n) is 6.79. The lowest BCUT2D eigenvalue weighted by molar-refractivity contribution is -0.119. The average Bonchev–Trinajstić information content (AvgIpc) is 2.68. The molecular weight excluding hydrogens is 282 g/mol. The number of H-pyrrole nitrogens is 1. The molecule has 0 atom stereocenters. The second kappa shape index (κ2) is 5.82. The van der Waals surface area contributed by atoms with Gasteiger partial charge in [-0.25, -0.2) is 0 Å². The summed E-state index contributed by atoms with van der Waals surface area (Å²) < 4.78 is 1.20. The van der Waals surface area contributed by atoms with E-state index in [-0.39, 0.29) is 11.3 Å². The van der Waals surface area contributed by atoms with Crippen LogP contribution in [0.1, 0.15) is 31.9 Å². The van der Waals surface area contributed by atoms with E-state index in [1.807, 2.05) is 58.0 Å². The van der Waals surface area contributed by atoms with E-state index in [2.05, 4.69) is 4.98 Å². The highest BCUT2D eigenvalue weighted by Crippen LogP contribution is 2.14. The molecule has 3 nitrogen and oxygen atoms in total. The first-order chi connectivity index (χ1) is 9.75. The third-order valence-corrected chi connectivity index (χ3v) is 3.98. The lowest BCUT2D eigenvalue weighted by Gasteiger charge is -2.12. The van der Waals surface area contributed by atoms with Gasteiger partial charge < -0.3 is 4.98 Å². The zero-order valence-electron chi connectivity index (χ0n) is 12.7. The summed E-state index contributed by atoms with van der Waals surface area (Å²) in [5.74, 6) is 0.00195. The molecular formula is C17H19NO2S. The molecule has 2 aromatic rings. The van der Waals surface area contributed by atoms with Gasteiger partial charge in [-0.1, -0.05) is 50.6 Å². The number of ketones is 1. The third kappa shape index (κ3) is 4.02. The minimum atomic E-state index is -0.443. The maximum atomic E-state index is 12.0. The number of hydrogen-bond acceptors (Lipinski definition) is 3. The van der Waals surface area contributed by atoms with Crippen molar-refractivity contribution in [2.45, 2.75) is 27.7 Å². The molecule has 1 aromatic carbocycles. The monoisotopic (exact) mass is 301 g/mol. The highest BCUT2D eigenvalue weighted by molar-refractivity contribution is 7.07. The summed E-state index contributed by atoms with van der Waals surface area (Å²) in [6.07, 6.45) is 3.36. The van der Waals surface area contributed by atoms with Crippen molar-refractivity contribution < 1.29 is 4.79 Å². The molecule has 0 spiro atoms. The van der Waals surface area contributed by atoms with E-state index in [0.29, 0.717) is 9.20 Å². The molecule has 0 amide bonds. The molecule has 0 saturated heterocycles. The van der Waals surface area contributed by atoms with Crippen molar-refractivity contribution in [3.05, 3.63) is 54.9 Å². The van der Waals surface area contributed by atoms with Gasteiger partial charge in [0.2, 0.25) is 0 Å². The Labute approximate surface area is 127 Å². The fraction of sp³-hybridized carbons (Fsp3) is 0.294. The van der Waals surface area contributed by atoms with E-state index in [4.69, 9.17) is 0 Å². The summed E-state index contributed by atoms with van der Waals surface area (Å²) in [5, 5.41) is 0. The fourth-order valence-corrected chi connectivity index (χ4v) is 2.66. The van der Waals surface area contributed by atoms with Crippen LogP contribution in [0, 0.1) is 12.3 Å². The number of aromatic nitrogens is 1. The predicted octanol–water partition coefficient (Wildman–Crippen LogP) is 1.97.